The molecule has 0 bridgehead atoms. The third kappa shape index (κ3) is 13.3. The minimum absolute atomic E-state index is 0. The topological polar surface area (TPSA) is 169 Å². The summed E-state index contributed by atoms with van der Waals surface area (Å²) in [4.78, 5) is 39.8. The Morgan fingerprint density at radius 1 is 0.837 bits per heavy atom. The standard InChI is InChI=1S/C33H50N6O6S.3ClH/c1-39(2)29-7-3-6-27-26(29)5-4-8-30(27)46(44,45)38-28(33(42)43)21-36-31(40)22-37-32(41)25(11-9-23-13-17-34-18-14-23)12-10-24-15-19-35-20-16-24;;;/h3-8,23-25,28,34-35,38H,9-22H2,1-2H3,(H,36,40)(H,37,41)(H,42,43);3*1H. The van der Waals surface area contributed by atoms with E-state index in [2.05, 4.69) is 26.0 Å². The summed E-state index contributed by atoms with van der Waals surface area (Å²) in [7, 11) is -0.564. The van der Waals surface area contributed by atoms with Gasteiger partial charge in [0.2, 0.25) is 21.8 Å². The fourth-order valence-electron chi connectivity index (χ4n) is 6.53. The number of nitrogens with one attached hydrogen (secondary N) is 5. The SMILES string of the molecule is CN(C)c1cccc2c(S(=O)(=O)NC(CNC(=O)CNC(=O)C(CCC3CCNCC3)CCC3CCNCC3)C(=O)O)cccc12.Cl.Cl.Cl. The lowest BCUT2D eigenvalue weighted by Gasteiger charge is -2.27. The van der Waals surface area contributed by atoms with E-state index >= 15 is 0 Å². The van der Waals surface area contributed by atoms with Gasteiger partial charge in [-0.15, -0.1) is 37.2 Å². The highest BCUT2D eigenvalue weighted by molar-refractivity contribution is 7.89. The molecule has 1 unspecified atom stereocenters. The summed E-state index contributed by atoms with van der Waals surface area (Å²) < 4.78 is 29.0. The van der Waals surface area contributed by atoms with Crippen LogP contribution in [0.2, 0.25) is 0 Å². The molecule has 1 atom stereocenters. The summed E-state index contributed by atoms with van der Waals surface area (Å²) >= 11 is 0. The number of hydrogen-bond acceptors (Lipinski definition) is 8. The van der Waals surface area contributed by atoms with Gasteiger partial charge in [0.25, 0.3) is 0 Å². The van der Waals surface area contributed by atoms with Gasteiger partial charge in [-0.3, -0.25) is 14.4 Å². The molecular weight excluding hydrogens is 715 g/mol. The first-order valence-corrected chi connectivity index (χ1v) is 17.9. The van der Waals surface area contributed by atoms with E-state index in [1.165, 1.54) is 6.07 Å². The fourth-order valence-corrected chi connectivity index (χ4v) is 7.94. The second kappa shape index (κ2) is 21.7. The molecule has 49 heavy (non-hydrogen) atoms. The summed E-state index contributed by atoms with van der Waals surface area (Å²) in [5.74, 6) is -1.18. The molecule has 0 aliphatic carbocycles. The molecule has 0 saturated carbocycles. The van der Waals surface area contributed by atoms with Crippen molar-refractivity contribution in [3.63, 3.8) is 0 Å². The average molecular weight is 768 g/mol. The number of rotatable bonds is 16. The van der Waals surface area contributed by atoms with Crippen LogP contribution in [-0.4, -0.2) is 90.7 Å². The van der Waals surface area contributed by atoms with E-state index in [9.17, 15) is 27.9 Å². The number of nitrogens with zero attached hydrogens (tertiary/aromatic N) is 1. The normalized spacial score (nSPS) is 16.1. The predicted octanol–water partition coefficient (Wildman–Crippen LogP) is 3.31. The van der Waals surface area contributed by atoms with Crippen LogP contribution < -0.4 is 30.9 Å². The number of aliphatic carboxylic acids is 1. The highest BCUT2D eigenvalue weighted by atomic mass is 35.5. The largest absolute Gasteiger partial charge is 0.480 e. The summed E-state index contributed by atoms with van der Waals surface area (Å²) in [5.41, 5.74) is 0.818. The first kappa shape index (κ1) is 44.6. The molecule has 278 valence electrons. The van der Waals surface area contributed by atoms with Gasteiger partial charge in [-0.1, -0.05) is 24.3 Å². The van der Waals surface area contributed by atoms with Crippen LogP contribution in [-0.2, 0) is 24.4 Å². The van der Waals surface area contributed by atoms with Gasteiger partial charge in [0.1, 0.15) is 6.04 Å². The summed E-state index contributed by atoms with van der Waals surface area (Å²) in [6, 6.07) is 8.50. The Balaban J connectivity index is 0.00000400. The quantitative estimate of drug-likeness (QED) is 0.150. The summed E-state index contributed by atoms with van der Waals surface area (Å²) in [6.07, 6.45) is 7.94. The highest BCUT2D eigenvalue weighted by Gasteiger charge is 2.28. The van der Waals surface area contributed by atoms with Crippen molar-refractivity contribution in [2.45, 2.75) is 62.3 Å². The molecule has 16 heteroatoms. The number of carboxylic acid groups (broad SMARTS) is 1. The molecule has 2 aromatic carbocycles. The van der Waals surface area contributed by atoms with E-state index in [-0.39, 0.29) is 60.5 Å². The number of carboxylic acids is 1. The Morgan fingerprint density at radius 3 is 1.90 bits per heavy atom. The number of carbonyl (C=O) groups excluding carboxylic acids is 2. The molecule has 0 aromatic heterocycles. The van der Waals surface area contributed by atoms with Crippen LogP contribution in [0.1, 0.15) is 51.4 Å². The predicted molar refractivity (Wildman–Crippen MR) is 201 cm³/mol. The van der Waals surface area contributed by atoms with Crippen LogP contribution >= 0.6 is 37.2 Å². The molecule has 2 amide bonds. The average Bonchev–Trinajstić information content (AvgIpc) is 3.05. The molecule has 2 saturated heterocycles. The number of piperidine rings is 2. The fraction of sp³-hybridized carbons (Fsp3) is 0.606. The van der Waals surface area contributed by atoms with Gasteiger partial charge in [-0.25, -0.2) is 8.42 Å². The van der Waals surface area contributed by atoms with Gasteiger partial charge in [-0.2, -0.15) is 4.72 Å². The molecule has 6 N–H and O–H groups in total. The second-order valence-corrected chi connectivity index (χ2v) is 14.5. The Kier molecular flexibility index (Phi) is 19.8. The molecule has 12 nitrogen and oxygen atoms in total. The molecule has 2 heterocycles. The van der Waals surface area contributed by atoms with E-state index in [1.54, 1.807) is 24.3 Å². The van der Waals surface area contributed by atoms with Crippen LogP contribution in [0.25, 0.3) is 10.8 Å². The van der Waals surface area contributed by atoms with Crippen LogP contribution in [0, 0.1) is 17.8 Å². The minimum Gasteiger partial charge on any atom is -0.480 e. The number of fused-ring (bicyclic) bond motifs is 1. The molecule has 2 fully saturated rings. The molecule has 2 aliphatic rings. The molecule has 2 aromatic rings. The van der Waals surface area contributed by atoms with E-state index < -0.39 is 34.5 Å². The smallest absolute Gasteiger partial charge is 0.323 e. The van der Waals surface area contributed by atoms with Gasteiger partial charge in [0, 0.05) is 43.0 Å². The van der Waals surface area contributed by atoms with Crippen LogP contribution in [0.15, 0.2) is 41.3 Å². The van der Waals surface area contributed by atoms with Crippen molar-refractivity contribution in [1.29, 1.82) is 0 Å². The molecular formula is C33H53Cl3N6O6S. The Bertz CT molecular complexity index is 1430. The molecule has 0 spiro atoms. The Labute approximate surface area is 309 Å². The number of sulfonamides is 1. The van der Waals surface area contributed by atoms with Gasteiger partial charge in [-0.05, 0) is 102 Å². The molecule has 4 rings (SSSR count). The molecule has 2 aliphatic heterocycles. The number of carbonyl (C=O) groups is 3. The lowest BCUT2D eigenvalue weighted by Crippen LogP contribution is -2.50. The zero-order chi connectivity index (χ0) is 33.1. The van der Waals surface area contributed by atoms with E-state index in [1.807, 2.05) is 25.1 Å². The minimum atomic E-state index is -4.27. The van der Waals surface area contributed by atoms with Gasteiger partial charge < -0.3 is 31.3 Å². The number of halogens is 3. The van der Waals surface area contributed by atoms with Crippen molar-refractivity contribution in [2.24, 2.45) is 17.8 Å². The van der Waals surface area contributed by atoms with Crippen molar-refractivity contribution in [2.75, 3.05) is 58.3 Å². The van der Waals surface area contributed by atoms with E-state index in [0.717, 1.165) is 83.2 Å². The first-order chi connectivity index (χ1) is 22.0. The van der Waals surface area contributed by atoms with Crippen molar-refractivity contribution < 1.29 is 27.9 Å². The highest BCUT2D eigenvalue weighted by Crippen LogP contribution is 2.30. The van der Waals surface area contributed by atoms with Gasteiger partial charge in [0.05, 0.1) is 11.4 Å². The first-order valence-electron chi connectivity index (χ1n) is 16.4. The van der Waals surface area contributed by atoms with Crippen LogP contribution in [0.5, 0.6) is 0 Å². The number of amides is 2. The Morgan fingerprint density at radius 2 is 1.37 bits per heavy atom. The van der Waals surface area contributed by atoms with Crippen molar-refractivity contribution in [3.8, 4) is 0 Å². The maximum absolute atomic E-state index is 13.4. The van der Waals surface area contributed by atoms with Crippen LogP contribution in [0.3, 0.4) is 0 Å². The number of benzene rings is 2. The van der Waals surface area contributed by atoms with Crippen molar-refractivity contribution in [1.82, 2.24) is 26.0 Å². The zero-order valence-corrected chi connectivity index (χ0v) is 31.5. The zero-order valence-electron chi connectivity index (χ0n) is 28.2. The number of hydrogen-bond donors (Lipinski definition) is 6. The molecule has 0 radical (unpaired) electrons. The van der Waals surface area contributed by atoms with Crippen LogP contribution in [0.4, 0.5) is 5.69 Å². The van der Waals surface area contributed by atoms with Gasteiger partial charge >= 0.3 is 5.97 Å². The maximum atomic E-state index is 13.4. The van der Waals surface area contributed by atoms with Crippen molar-refractivity contribution in [3.05, 3.63) is 36.4 Å². The monoisotopic (exact) mass is 766 g/mol. The Hall–Kier alpha value is -2.39. The number of anilines is 1. The van der Waals surface area contributed by atoms with E-state index in [4.69, 9.17) is 0 Å². The van der Waals surface area contributed by atoms with Crippen molar-refractivity contribution >= 4 is 81.5 Å². The maximum Gasteiger partial charge on any atom is 0.323 e. The third-order valence-electron chi connectivity index (χ3n) is 9.29. The van der Waals surface area contributed by atoms with E-state index in [0.29, 0.717) is 22.6 Å². The van der Waals surface area contributed by atoms with Gasteiger partial charge in [0.15, 0.2) is 0 Å². The summed E-state index contributed by atoms with van der Waals surface area (Å²) in [6.45, 7) is 3.22. The lowest BCUT2D eigenvalue weighted by atomic mass is 9.84. The summed E-state index contributed by atoms with van der Waals surface area (Å²) in [5, 5.41) is 22.9. The second-order valence-electron chi connectivity index (χ2n) is 12.8. The lowest BCUT2D eigenvalue weighted by molar-refractivity contribution is -0.139. The third-order valence-corrected chi connectivity index (χ3v) is 10.8.